The van der Waals surface area contributed by atoms with E-state index in [1.165, 1.54) is 11.8 Å². The fraction of sp³-hybridized carbons (Fsp3) is 0.192. The highest BCUT2D eigenvalue weighted by molar-refractivity contribution is 8.04. The van der Waals surface area contributed by atoms with Gasteiger partial charge in [0.1, 0.15) is 5.82 Å². The van der Waals surface area contributed by atoms with Gasteiger partial charge in [0.05, 0.1) is 10.6 Å². The lowest BCUT2D eigenvalue weighted by molar-refractivity contribution is -0.114. The molecule has 0 unspecified atom stereocenters. The minimum absolute atomic E-state index is 0.0215. The number of likely N-dealkylation sites (N-methyl/N-ethyl adjacent to an activating group) is 1. The van der Waals surface area contributed by atoms with Gasteiger partial charge < -0.3 is 14.7 Å². The van der Waals surface area contributed by atoms with Gasteiger partial charge in [-0.1, -0.05) is 47.6 Å². The summed E-state index contributed by atoms with van der Waals surface area (Å²) in [7, 11) is 1.74. The van der Waals surface area contributed by atoms with E-state index in [-0.39, 0.29) is 11.8 Å². The van der Waals surface area contributed by atoms with Crippen LogP contribution in [-0.2, 0) is 4.79 Å². The Morgan fingerprint density at radius 1 is 1.03 bits per heavy atom. The molecule has 2 aromatic carbocycles. The van der Waals surface area contributed by atoms with Gasteiger partial charge in [0.2, 0.25) is 0 Å². The van der Waals surface area contributed by atoms with Crippen LogP contribution in [0, 0.1) is 0 Å². The molecule has 1 aromatic heterocycles. The highest BCUT2D eigenvalue weighted by Gasteiger charge is 2.29. The third-order valence-electron chi connectivity index (χ3n) is 6.03. The predicted molar refractivity (Wildman–Crippen MR) is 137 cm³/mol. The van der Waals surface area contributed by atoms with Gasteiger partial charge in [-0.05, 0) is 48.0 Å². The Morgan fingerprint density at radius 2 is 1.79 bits per heavy atom. The Kier molecular flexibility index (Phi) is 6.30. The third-order valence-corrected chi connectivity index (χ3v) is 7.46. The van der Waals surface area contributed by atoms with Crippen molar-refractivity contribution < 1.29 is 9.59 Å². The van der Waals surface area contributed by atoms with Gasteiger partial charge >= 0.3 is 0 Å². The zero-order chi connectivity index (χ0) is 23.7. The maximum absolute atomic E-state index is 13.2. The lowest BCUT2D eigenvalue weighted by atomic mass is 10.1. The van der Waals surface area contributed by atoms with Gasteiger partial charge in [0.25, 0.3) is 11.8 Å². The summed E-state index contributed by atoms with van der Waals surface area (Å²) in [6.07, 6.45) is 3.60. The lowest BCUT2D eigenvalue weighted by Crippen LogP contribution is -2.49. The number of rotatable bonds is 3. The van der Waals surface area contributed by atoms with E-state index in [0.717, 1.165) is 35.1 Å². The molecule has 2 aliphatic heterocycles. The average molecular weight is 491 g/mol. The molecule has 3 heterocycles. The molecular formula is C26H23ClN4O2S. The summed E-state index contributed by atoms with van der Waals surface area (Å²) in [6.45, 7) is 2.72. The standard InChI is InChI=1S/C26H23ClN4O2S/c1-29-21-16-19(25(32)31-14-12-30(13-15-31)24-8-4-5-11-28-24)9-10-22(21)34-23(26(29)33)17-18-6-2-3-7-20(18)27/h2-11,16-17H,12-15H2,1H3. The first kappa shape index (κ1) is 22.5. The molecule has 2 aliphatic rings. The van der Waals surface area contributed by atoms with E-state index in [2.05, 4.69) is 9.88 Å². The molecule has 172 valence electrons. The van der Waals surface area contributed by atoms with Crippen LogP contribution in [0.2, 0.25) is 5.02 Å². The molecule has 2 amide bonds. The molecule has 0 N–H and O–H groups in total. The Hall–Kier alpha value is -3.29. The number of pyridine rings is 1. The number of benzene rings is 2. The number of halogens is 1. The largest absolute Gasteiger partial charge is 0.353 e. The van der Waals surface area contributed by atoms with Crippen molar-refractivity contribution in [3.8, 4) is 0 Å². The number of carbonyl (C=O) groups excluding carboxylic acids is 2. The Labute approximate surface area is 207 Å². The normalized spacial score (nSPS) is 17.2. The molecule has 0 bridgehead atoms. The number of fused-ring (bicyclic) bond motifs is 1. The van der Waals surface area contributed by atoms with Crippen LogP contribution >= 0.6 is 23.4 Å². The summed E-state index contributed by atoms with van der Waals surface area (Å²) < 4.78 is 0. The van der Waals surface area contributed by atoms with Gasteiger partial charge in [-0.3, -0.25) is 9.59 Å². The molecule has 0 atom stereocenters. The smallest absolute Gasteiger partial charge is 0.264 e. The van der Waals surface area contributed by atoms with Crippen molar-refractivity contribution in [2.45, 2.75) is 4.90 Å². The van der Waals surface area contributed by atoms with E-state index in [0.29, 0.717) is 28.6 Å². The first-order valence-corrected chi connectivity index (χ1v) is 12.2. The number of carbonyl (C=O) groups is 2. The van der Waals surface area contributed by atoms with Gasteiger partial charge in [0.15, 0.2) is 0 Å². The molecular weight excluding hydrogens is 468 g/mol. The number of thioether (sulfide) groups is 1. The van der Waals surface area contributed by atoms with Crippen molar-refractivity contribution in [3.05, 3.63) is 87.9 Å². The quantitative estimate of drug-likeness (QED) is 0.493. The first-order chi connectivity index (χ1) is 16.5. The molecule has 0 spiro atoms. The summed E-state index contributed by atoms with van der Waals surface area (Å²) in [5, 5.41) is 0.598. The summed E-state index contributed by atoms with van der Waals surface area (Å²) in [5.74, 6) is 0.791. The lowest BCUT2D eigenvalue weighted by Gasteiger charge is -2.35. The van der Waals surface area contributed by atoms with Gasteiger partial charge in [-0.25, -0.2) is 4.98 Å². The number of hydrogen-bond acceptors (Lipinski definition) is 5. The molecule has 6 nitrogen and oxygen atoms in total. The molecule has 1 fully saturated rings. The minimum Gasteiger partial charge on any atom is -0.353 e. The molecule has 0 radical (unpaired) electrons. The Bertz CT molecular complexity index is 1270. The Balaban J connectivity index is 1.32. The minimum atomic E-state index is -0.119. The van der Waals surface area contributed by atoms with Crippen LogP contribution in [-0.4, -0.2) is 54.9 Å². The Morgan fingerprint density at radius 3 is 2.53 bits per heavy atom. The number of anilines is 2. The number of piperazine rings is 1. The van der Waals surface area contributed by atoms with Crippen LogP contribution in [0.4, 0.5) is 11.5 Å². The summed E-state index contributed by atoms with van der Waals surface area (Å²) in [4.78, 5) is 37.8. The molecule has 1 saturated heterocycles. The first-order valence-electron chi connectivity index (χ1n) is 11.0. The predicted octanol–water partition coefficient (Wildman–Crippen LogP) is 4.81. The third kappa shape index (κ3) is 4.41. The molecule has 0 aliphatic carbocycles. The van der Waals surface area contributed by atoms with Crippen molar-refractivity contribution in [1.29, 1.82) is 0 Å². The second-order valence-electron chi connectivity index (χ2n) is 8.15. The fourth-order valence-corrected chi connectivity index (χ4v) is 5.40. The highest BCUT2D eigenvalue weighted by Crippen LogP contribution is 2.42. The van der Waals surface area contributed by atoms with E-state index >= 15 is 0 Å². The molecule has 8 heteroatoms. The second kappa shape index (κ2) is 9.52. The summed E-state index contributed by atoms with van der Waals surface area (Å²) in [6, 6.07) is 18.9. The summed E-state index contributed by atoms with van der Waals surface area (Å²) in [5.41, 5.74) is 2.13. The van der Waals surface area contributed by atoms with Crippen molar-refractivity contribution in [2.75, 3.05) is 43.0 Å². The molecule has 34 heavy (non-hydrogen) atoms. The fourth-order valence-electron chi connectivity index (χ4n) is 4.12. The van der Waals surface area contributed by atoms with E-state index in [1.807, 2.05) is 65.6 Å². The molecule has 3 aromatic rings. The highest BCUT2D eigenvalue weighted by atomic mass is 35.5. The van der Waals surface area contributed by atoms with Crippen molar-refractivity contribution in [3.63, 3.8) is 0 Å². The van der Waals surface area contributed by atoms with Crippen LogP contribution in [0.1, 0.15) is 15.9 Å². The van der Waals surface area contributed by atoms with Crippen LogP contribution in [0.5, 0.6) is 0 Å². The maximum Gasteiger partial charge on any atom is 0.264 e. The van der Waals surface area contributed by atoms with Gasteiger partial charge in [0, 0.05) is 54.9 Å². The number of amides is 2. The van der Waals surface area contributed by atoms with Crippen LogP contribution in [0.25, 0.3) is 6.08 Å². The number of hydrogen-bond donors (Lipinski definition) is 0. The topological polar surface area (TPSA) is 56.8 Å². The van der Waals surface area contributed by atoms with E-state index in [4.69, 9.17) is 11.6 Å². The van der Waals surface area contributed by atoms with E-state index in [9.17, 15) is 9.59 Å². The van der Waals surface area contributed by atoms with E-state index in [1.54, 1.807) is 24.2 Å². The zero-order valence-electron chi connectivity index (χ0n) is 18.6. The second-order valence-corrected chi connectivity index (χ2v) is 9.64. The molecule has 5 rings (SSSR count). The van der Waals surface area contributed by atoms with Crippen LogP contribution in [0.15, 0.2) is 76.7 Å². The number of aromatic nitrogens is 1. The van der Waals surface area contributed by atoms with Crippen LogP contribution in [0.3, 0.4) is 0 Å². The van der Waals surface area contributed by atoms with Crippen molar-refractivity contribution in [2.24, 2.45) is 0 Å². The molecule has 0 saturated carbocycles. The zero-order valence-corrected chi connectivity index (χ0v) is 20.2. The average Bonchev–Trinajstić information content (AvgIpc) is 2.88. The van der Waals surface area contributed by atoms with Gasteiger partial charge in [-0.15, -0.1) is 0 Å². The maximum atomic E-state index is 13.2. The van der Waals surface area contributed by atoms with Crippen molar-refractivity contribution >= 4 is 52.8 Å². The van der Waals surface area contributed by atoms with Gasteiger partial charge in [-0.2, -0.15) is 0 Å². The summed E-state index contributed by atoms with van der Waals surface area (Å²) >= 11 is 7.67. The monoisotopic (exact) mass is 490 g/mol. The van der Waals surface area contributed by atoms with E-state index < -0.39 is 0 Å². The SMILES string of the molecule is CN1C(=O)C(=Cc2ccccc2Cl)Sc2ccc(C(=O)N3CCN(c4ccccn4)CC3)cc21. The van der Waals surface area contributed by atoms with Crippen molar-refractivity contribution in [1.82, 2.24) is 9.88 Å². The number of nitrogens with zero attached hydrogens (tertiary/aromatic N) is 4. The van der Waals surface area contributed by atoms with Crippen LogP contribution < -0.4 is 9.80 Å².